The molecule has 0 fully saturated rings. The zero-order chi connectivity index (χ0) is 21.8. The van der Waals surface area contributed by atoms with Crippen molar-refractivity contribution in [2.24, 2.45) is 10.8 Å². The molecule has 29 heavy (non-hydrogen) atoms. The van der Waals surface area contributed by atoms with Crippen LogP contribution in [0.15, 0.2) is 42.8 Å². The fraction of sp³-hybridized carbons (Fsp3) is 0.542. The Morgan fingerprint density at radius 1 is 1.07 bits per heavy atom. The standard InChI is InChI=1S/C24H36N2O3/c1-18(23(2,3)4)28-16-24(5,6)17-29-22(27)26-15-19(13-14-25(7)8)20-11-9-10-12-21(20)26/h9-12,15H,1,13-14,16-17H2,2-8H3. The Morgan fingerprint density at radius 2 is 1.69 bits per heavy atom. The summed E-state index contributed by atoms with van der Waals surface area (Å²) in [6.45, 7) is 15.9. The Hall–Kier alpha value is -2.27. The highest BCUT2D eigenvalue weighted by atomic mass is 16.6. The van der Waals surface area contributed by atoms with Crippen molar-refractivity contribution in [2.75, 3.05) is 33.9 Å². The van der Waals surface area contributed by atoms with Crippen molar-refractivity contribution in [1.29, 1.82) is 0 Å². The molecule has 0 atom stereocenters. The molecule has 0 aliphatic carbocycles. The molecule has 0 radical (unpaired) electrons. The molecule has 5 nitrogen and oxygen atoms in total. The summed E-state index contributed by atoms with van der Waals surface area (Å²) in [6, 6.07) is 7.95. The van der Waals surface area contributed by atoms with E-state index in [9.17, 15) is 4.79 Å². The van der Waals surface area contributed by atoms with Gasteiger partial charge in [0.25, 0.3) is 0 Å². The maximum absolute atomic E-state index is 12.8. The van der Waals surface area contributed by atoms with Gasteiger partial charge in [0.2, 0.25) is 0 Å². The molecule has 0 saturated carbocycles. The van der Waals surface area contributed by atoms with Gasteiger partial charge in [-0.15, -0.1) is 0 Å². The van der Waals surface area contributed by atoms with Gasteiger partial charge in [-0.25, -0.2) is 4.79 Å². The predicted molar refractivity (Wildman–Crippen MR) is 119 cm³/mol. The molecule has 0 spiro atoms. The molecule has 1 aromatic carbocycles. The van der Waals surface area contributed by atoms with Gasteiger partial charge in [-0.3, -0.25) is 4.57 Å². The Bertz CT molecular complexity index is 857. The fourth-order valence-corrected chi connectivity index (χ4v) is 2.81. The molecule has 1 heterocycles. The number of hydrogen-bond acceptors (Lipinski definition) is 4. The van der Waals surface area contributed by atoms with Crippen molar-refractivity contribution in [2.45, 2.75) is 41.0 Å². The molecule has 0 N–H and O–H groups in total. The zero-order valence-corrected chi connectivity index (χ0v) is 19.0. The number of rotatable bonds is 8. The molecule has 2 aromatic rings. The summed E-state index contributed by atoms with van der Waals surface area (Å²) >= 11 is 0. The maximum atomic E-state index is 12.8. The second-order valence-electron chi connectivity index (χ2n) is 9.78. The van der Waals surface area contributed by atoms with Gasteiger partial charge in [0.05, 0.1) is 17.9 Å². The van der Waals surface area contributed by atoms with E-state index in [0.29, 0.717) is 6.61 Å². The molecule has 5 heteroatoms. The monoisotopic (exact) mass is 400 g/mol. The van der Waals surface area contributed by atoms with E-state index in [1.54, 1.807) is 4.57 Å². The van der Waals surface area contributed by atoms with Crippen molar-refractivity contribution in [3.8, 4) is 0 Å². The van der Waals surface area contributed by atoms with Crippen LogP contribution in [0, 0.1) is 10.8 Å². The minimum Gasteiger partial charge on any atom is -0.497 e. The number of carbonyl (C=O) groups excluding carboxylic acids is 1. The fourth-order valence-electron chi connectivity index (χ4n) is 2.81. The van der Waals surface area contributed by atoms with E-state index in [1.165, 1.54) is 0 Å². The van der Waals surface area contributed by atoms with E-state index in [2.05, 4.69) is 38.3 Å². The summed E-state index contributed by atoms with van der Waals surface area (Å²) < 4.78 is 13.1. The molecule has 0 amide bonds. The topological polar surface area (TPSA) is 43.7 Å². The van der Waals surface area contributed by atoms with Gasteiger partial charge in [0.1, 0.15) is 6.61 Å². The lowest BCUT2D eigenvalue weighted by molar-refractivity contribution is 0.0331. The minimum absolute atomic E-state index is 0.111. The largest absolute Gasteiger partial charge is 0.497 e. The molecule has 0 bridgehead atoms. The van der Waals surface area contributed by atoms with Crippen molar-refractivity contribution in [3.05, 3.63) is 48.4 Å². The third-order valence-electron chi connectivity index (χ3n) is 4.88. The number of benzene rings is 1. The summed E-state index contributed by atoms with van der Waals surface area (Å²) in [7, 11) is 4.10. The summed E-state index contributed by atoms with van der Waals surface area (Å²) in [5.41, 5.74) is 1.59. The average molecular weight is 401 g/mol. The molecule has 1 aromatic heterocycles. The molecular weight excluding hydrogens is 364 g/mol. The Kier molecular flexibility index (Phi) is 7.17. The van der Waals surface area contributed by atoms with E-state index in [-0.39, 0.29) is 23.5 Å². The van der Waals surface area contributed by atoms with Crippen LogP contribution in [0.5, 0.6) is 0 Å². The summed E-state index contributed by atoms with van der Waals surface area (Å²) in [4.78, 5) is 15.0. The van der Waals surface area contributed by atoms with Crippen molar-refractivity contribution < 1.29 is 14.3 Å². The first kappa shape index (κ1) is 23.0. The number of nitrogens with zero attached hydrogens (tertiary/aromatic N) is 2. The van der Waals surface area contributed by atoms with E-state index >= 15 is 0 Å². The van der Waals surface area contributed by atoms with Crippen molar-refractivity contribution >= 4 is 17.0 Å². The quantitative estimate of drug-likeness (QED) is 0.562. The third kappa shape index (κ3) is 6.36. The lowest BCUT2D eigenvalue weighted by Crippen LogP contribution is -2.29. The number of ether oxygens (including phenoxy) is 2. The van der Waals surface area contributed by atoms with Gasteiger partial charge in [-0.05, 0) is 32.1 Å². The predicted octanol–water partition coefficient (Wildman–Crippen LogP) is 5.33. The molecule has 2 rings (SSSR count). The van der Waals surface area contributed by atoms with Crippen LogP contribution in [-0.4, -0.2) is 49.4 Å². The molecule has 0 unspecified atom stereocenters. The second kappa shape index (κ2) is 9.04. The van der Waals surface area contributed by atoms with Crippen LogP contribution in [0.4, 0.5) is 4.79 Å². The van der Waals surface area contributed by atoms with Gasteiger partial charge in [0.15, 0.2) is 0 Å². The number of para-hydroxylation sites is 1. The first-order chi connectivity index (χ1) is 13.4. The Labute approximate surface area is 175 Å². The van der Waals surface area contributed by atoms with Gasteiger partial charge < -0.3 is 14.4 Å². The maximum Gasteiger partial charge on any atom is 0.418 e. The lowest BCUT2D eigenvalue weighted by Gasteiger charge is -2.28. The van der Waals surface area contributed by atoms with Crippen LogP contribution in [0.1, 0.15) is 40.2 Å². The summed E-state index contributed by atoms with van der Waals surface area (Å²) in [5, 5.41) is 1.09. The van der Waals surface area contributed by atoms with Crippen LogP contribution in [0.3, 0.4) is 0 Å². The van der Waals surface area contributed by atoms with Gasteiger partial charge in [-0.2, -0.15) is 0 Å². The third-order valence-corrected chi connectivity index (χ3v) is 4.88. The first-order valence-electron chi connectivity index (χ1n) is 10.1. The van der Waals surface area contributed by atoms with E-state index in [4.69, 9.17) is 9.47 Å². The summed E-state index contributed by atoms with van der Waals surface area (Å²) in [5.74, 6) is 0.735. The van der Waals surface area contributed by atoms with E-state index in [1.807, 2.05) is 52.3 Å². The molecule has 0 saturated heterocycles. The second-order valence-corrected chi connectivity index (χ2v) is 9.78. The molecule has 160 valence electrons. The minimum atomic E-state index is -0.361. The smallest absolute Gasteiger partial charge is 0.418 e. The zero-order valence-electron chi connectivity index (χ0n) is 19.0. The van der Waals surface area contributed by atoms with Crippen LogP contribution < -0.4 is 0 Å². The molecular formula is C24H36N2O3. The number of carbonyl (C=O) groups is 1. The van der Waals surface area contributed by atoms with Gasteiger partial charge >= 0.3 is 6.09 Å². The van der Waals surface area contributed by atoms with Crippen LogP contribution in [-0.2, 0) is 15.9 Å². The summed E-state index contributed by atoms with van der Waals surface area (Å²) in [6.07, 6.45) is 2.42. The number of fused-ring (bicyclic) bond motifs is 1. The van der Waals surface area contributed by atoms with Crippen LogP contribution in [0.2, 0.25) is 0 Å². The SMILES string of the molecule is C=C(OCC(C)(C)COC(=O)n1cc(CCN(C)C)c2ccccc21)C(C)(C)C. The average Bonchev–Trinajstić information content (AvgIpc) is 3.01. The van der Waals surface area contributed by atoms with Crippen LogP contribution >= 0.6 is 0 Å². The Morgan fingerprint density at radius 3 is 2.31 bits per heavy atom. The number of allylic oxidation sites excluding steroid dienone is 1. The highest BCUT2D eigenvalue weighted by molar-refractivity contribution is 5.92. The first-order valence-corrected chi connectivity index (χ1v) is 10.1. The molecule has 0 aliphatic heterocycles. The van der Waals surface area contributed by atoms with Gasteiger partial charge in [-0.1, -0.05) is 59.4 Å². The Balaban J connectivity index is 2.07. The number of hydrogen-bond donors (Lipinski definition) is 0. The highest BCUT2D eigenvalue weighted by Gasteiger charge is 2.25. The van der Waals surface area contributed by atoms with Crippen LogP contribution in [0.25, 0.3) is 10.9 Å². The van der Waals surface area contributed by atoms with Crippen molar-refractivity contribution in [3.63, 3.8) is 0 Å². The van der Waals surface area contributed by atoms with E-state index in [0.717, 1.165) is 35.2 Å². The number of aromatic nitrogens is 1. The van der Waals surface area contributed by atoms with E-state index < -0.39 is 0 Å². The lowest BCUT2D eigenvalue weighted by atomic mass is 9.93. The molecule has 0 aliphatic rings. The number of likely N-dealkylation sites (N-methyl/N-ethyl adjacent to an activating group) is 1. The highest BCUT2D eigenvalue weighted by Crippen LogP contribution is 2.28. The van der Waals surface area contributed by atoms with Crippen molar-refractivity contribution in [1.82, 2.24) is 9.47 Å². The normalized spacial score (nSPS) is 12.4. The van der Waals surface area contributed by atoms with Gasteiger partial charge in [0, 0.05) is 29.0 Å².